The lowest BCUT2D eigenvalue weighted by Crippen LogP contribution is -2.13. The maximum atomic E-state index is 8.29. The molecule has 2 nitrogen and oxygen atoms in total. The van der Waals surface area contributed by atoms with Gasteiger partial charge in [0, 0.05) is 0 Å². The zero-order valence-corrected chi connectivity index (χ0v) is 4.53. The lowest BCUT2D eigenvalue weighted by Gasteiger charge is -1.96. The van der Waals surface area contributed by atoms with E-state index in [0.717, 1.165) is 5.75 Å². The maximum Gasteiger partial charge on any atom is 0.150 e. The first-order valence-electron chi connectivity index (χ1n) is 1.82. The van der Waals surface area contributed by atoms with E-state index in [-0.39, 0.29) is 0 Å². The number of aliphatic hydroxyl groups excluding tert-OH is 1. The standard InChI is InChI=1S/C3H9NOS/c1-2-6-3(4)5/h3,5H,2,4H2,1H3/t3-/m1/s1. The number of nitrogens with two attached hydrogens (primary N) is 1. The van der Waals surface area contributed by atoms with Crippen LogP contribution in [0.3, 0.4) is 0 Å². The van der Waals surface area contributed by atoms with E-state index in [1.54, 1.807) is 0 Å². The van der Waals surface area contributed by atoms with Gasteiger partial charge in [0.05, 0.1) is 0 Å². The van der Waals surface area contributed by atoms with E-state index >= 15 is 0 Å². The lowest BCUT2D eigenvalue weighted by atomic mass is 11.0. The molecule has 0 unspecified atom stereocenters. The third-order valence-corrected chi connectivity index (χ3v) is 1.01. The molecule has 1 atom stereocenters. The minimum atomic E-state index is -0.685. The number of rotatable bonds is 2. The van der Waals surface area contributed by atoms with Crippen molar-refractivity contribution >= 4 is 11.8 Å². The van der Waals surface area contributed by atoms with Crippen LogP contribution in [-0.4, -0.2) is 16.4 Å². The summed E-state index contributed by atoms with van der Waals surface area (Å²) in [7, 11) is 0. The van der Waals surface area contributed by atoms with E-state index in [9.17, 15) is 0 Å². The van der Waals surface area contributed by atoms with E-state index in [4.69, 9.17) is 10.8 Å². The van der Waals surface area contributed by atoms with Crippen molar-refractivity contribution in [3.63, 3.8) is 0 Å². The van der Waals surface area contributed by atoms with Crippen LogP contribution in [0.5, 0.6) is 0 Å². The average Bonchev–Trinajstić information content (AvgIpc) is 1.35. The largest absolute Gasteiger partial charge is 0.369 e. The third kappa shape index (κ3) is 4.27. The second kappa shape index (κ2) is 3.46. The zero-order chi connectivity index (χ0) is 4.99. The van der Waals surface area contributed by atoms with Crippen molar-refractivity contribution in [3.8, 4) is 0 Å². The Labute approximate surface area is 41.7 Å². The molecule has 0 amide bonds. The second-order valence-corrected chi connectivity index (χ2v) is 2.24. The van der Waals surface area contributed by atoms with Crippen molar-refractivity contribution in [2.75, 3.05) is 5.75 Å². The van der Waals surface area contributed by atoms with E-state index < -0.39 is 5.56 Å². The molecule has 0 saturated carbocycles. The van der Waals surface area contributed by atoms with Crippen molar-refractivity contribution in [2.24, 2.45) is 5.73 Å². The summed E-state index contributed by atoms with van der Waals surface area (Å²) in [5, 5.41) is 8.29. The van der Waals surface area contributed by atoms with E-state index in [2.05, 4.69) is 0 Å². The first-order chi connectivity index (χ1) is 2.77. The molecule has 6 heavy (non-hydrogen) atoms. The topological polar surface area (TPSA) is 46.2 Å². The highest BCUT2D eigenvalue weighted by atomic mass is 32.2. The second-order valence-electron chi connectivity index (χ2n) is 0.846. The summed E-state index contributed by atoms with van der Waals surface area (Å²) in [6.45, 7) is 1.95. The van der Waals surface area contributed by atoms with Gasteiger partial charge in [0.25, 0.3) is 0 Å². The molecule has 0 spiro atoms. The molecule has 0 aromatic rings. The molecule has 0 aliphatic rings. The van der Waals surface area contributed by atoms with Crippen LogP contribution in [0.25, 0.3) is 0 Å². The Balaban J connectivity index is 2.63. The molecular weight excluding hydrogens is 98.1 g/mol. The van der Waals surface area contributed by atoms with Crippen LogP contribution in [0.1, 0.15) is 6.92 Å². The van der Waals surface area contributed by atoms with Crippen molar-refractivity contribution in [1.82, 2.24) is 0 Å². The molecule has 0 aliphatic heterocycles. The Bertz CT molecular complexity index is 32.0. The van der Waals surface area contributed by atoms with Crippen molar-refractivity contribution in [3.05, 3.63) is 0 Å². The van der Waals surface area contributed by atoms with E-state index in [1.165, 1.54) is 11.8 Å². The Morgan fingerprint density at radius 2 is 2.50 bits per heavy atom. The molecule has 0 bridgehead atoms. The Hall–Kier alpha value is 0.270. The van der Waals surface area contributed by atoms with Crippen LogP contribution in [0, 0.1) is 0 Å². The fraction of sp³-hybridized carbons (Fsp3) is 1.00. The fourth-order valence-electron chi connectivity index (χ4n) is 0.171. The SMILES string of the molecule is CCS[C@H](N)O. The van der Waals surface area contributed by atoms with Crippen molar-refractivity contribution in [1.29, 1.82) is 0 Å². The molecule has 0 saturated heterocycles. The monoisotopic (exact) mass is 107 g/mol. The molecule has 0 aromatic heterocycles. The van der Waals surface area contributed by atoms with Gasteiger partial charge in [0.15, 0.2) is 5.56 Å². The number of hydrogen-bond acceptors (Lipinski definition) is 3. The van der Waals surface area contributed by atoms with Crippen molar-refractivity contribution in [2.45, 2.75) is 12.5 Å². The lowest BCUT2D eigenvalue weighted by molar-refractivity contribution is 0.272. The predicted octanol–water partition coefficient (Wildman–Crippen LogP) is -0.0259. The number of aliphatic hydroxyl groups is 1. The normalized spacial score (nSPS) is 14.5. The molecule has 0 aliphatic carbocycles. The summed E-state index contributed by atoms with van der Waals surface area (Å²) in [6.07, 6.45) is 0. The van der Waals surface area contributed by atoms with Gasteiger partial charge in [-0.05, 0) is 5.75 Å². The highest BCUT2D eigenvalue weighted by Crippen LogP contribution is 1.98. The Morgan fingerprint density at radius 1 is 2.00 bits per heavy atom. The van der Waals surface area contributed by atoms with E-state index in [1.807, 2.05) is 6.92 Å². The van der Waals surface area contributed by atoms with Crippen LogP contribution >= 0.6 is 11.8 Å². The fourth-order valence-corrected chi connectivity index (χ4v) is 0.512. The van der Waals surface area contributed by atoms with Gasteiger partial charge in [-0.3, -0.25) is 5.73 Å². The van der Waals surface area contributed by atoms with Gasteiger partial charge in [0.1, 0.15) is 0 Å². The summed E-state index contributed by atoms with van der Waals surface area (Å²) < 4.78 is 0. The molecule has 0 aromatic carbocycles. The zero-order valence-electron chi connectivity index (χ0n) is 3.72. The average molecular weight is 107 g/mol. The van der Waals surface area contributed by atoms with Gasteiger partial charge in [0.2, 0.25) is 0 Å². The van der Waals surface area contributed by atoms with Crippen LogP contribution in [0.2, 0.25) is 0 Å². The third-order valence-electron chi connectivity index (χ3n) is 0.337. The van der Waals surface area contributed by atoms with Gasteiger partial charge < -0.3 is 5.11 Å². The van der Waals surface area contributed by atoms with Crippen molar-refractivity contribution < 1.29 is 5.11 Å². The highest BCUT2D eigenvalue weighted by Gasteiger charge is 1.87. The summed E-state index contributed by atoms with van der Waals surface area (Å²) in [5.74, 6) is 0.873. The molecule has 3 N–H and O–H groups in total. The van der Waals surface area contributed by atoms with Crippen LogP contribution in [0.4, 0.5) is 0 Å². The first kappa shape index (κ1) is 6.27. The summed E-state index contributed by atoms with van der Waals surface area (Å²) in [4.78, 5) is 0. The Kier molecular flexibility index (Phi) is 3.62. The molecular formula is C3H9NOS. The van der Waals surface area contributed by atoms with Crippen LogP contribution in [-0.2, 0) is 0 Å². The first-order valence-corrected chi connectivity index (χ1v) is 2.87. The molecule has 0 fully saturated rings. The molecule has 0 rings (SSSR count). The van der Waals surface area contributed by atoms with E-state index in [0.29, 0.717) is 0 Å². The summed E-state index contributed by atoms with van der Waals surface area (Å²) in [6, 6.07) is 0. The van der Waals surface area contributed by atoms with Gasteiger partial charge in [-0.1, -0.05) is 6.92 Å². The van der Waals surface area contributed by atoms with Crippen LogP contribution in [0.15, 0.2) is 0 Å². The molecule has 38 valence electrons. The van der Waals surface area contributed by atoms with Gasteiger partial charge in [-0.25, -0.2) is 0 Å². The summed E-state index contributed by atoms with van der Waals surface area (Å²) in [5.41, 5.74) is 4.24. The van der Waals surface area contributed by atoms with Crippen LogP contribution < -0.4 is 5.73 Å². The van der Waals surface area contributed by atoms with Gasteiger partial charge in [-0.2, -0.15) is 0 Å². The smallest absolute Gasteiger partial charge is 0.150 e. The summed E-state index contributed by atoms with van der Waals surface area (Å²) >= 11 is 1.32. The highest BCUT2D eigenvalue weighted by molar-refractivity contribution is 7.99. The molecule has 0 radical (unpaired) electrons. The van der Waals surface area contributed by atoms with Gasteiger partial charge in [-0.15, -0.1) is 11.8 Å². The Morgan fingerprint density at radius 3 is 2.50 bits per heavy atom. The maximum absolute atomic E-state index is 8.29. The van der Waals surface area contributed by atoms with Gasteiger partial charge >= 0.3 is 0 Å². The quantitative estimate of drug-likeness (QED) is 0.487. The molecule has 3 heteroatoms. The minimum Gasteiger partial charge on any atom is -0.369 e. The molecule has 0 heterocycles. The number of hydrogen-bond donors (Lipinski definition) is 2. The number of thioether (sulfide) groups is 1. The predicted molar refractivity (Wildman–Crippen MR) is 28.3 cm³/mol. The minimum absolute atomic E-state index is 0.685.